The van der Waals surface area contributed by atoms with Gasteiger partial charge in [0.25, 0.3) is 0 Å². The minimum atomic E-state index is 0. The second-order valence-electron chi connectivity index (χ2n) is 5.08. The molecule has 0 radical (unpaired) electrons. The Morgan fingerprint density at radius 3 is 2.61 bits per heavy atom. The van der Waals surface area contributed by atoms with E-state index in [1.54, 1.807) is 17.1 Å². The number of rotatable bonds is 8. The average molecular weight is 357 g/mol. The maximum absolute atomic E-state index is 12.3. The fraction of sp³-hybridized carbons (Fsp3) is 0.375. The van der Waals surface area contributed by atoms with Crippen LogP contribution in [0.5, 0.6) is 0 Å². The number of nitrogens with zero attached hydrogens (tertiary/aromatic N) is 3. The van der Waals surface area contributed by atoms with E-state index in [2.05, 4.69) is 17.2 Å². The topological polar surface area (TPSA) is 64.2 Å². The molecule has 2 N–H and O–H groups in total. The SMILES string of the molecule is Cl.NCCN(CCc1ccccc1)C(=O)CCn1cc(Cl)cn1. The van der Waals surface area contributed by atoms with Crippen molar-refractivity contribution in [1.82, 2.24) is 14.7 Å². The van der Waals surface area contributed by atoms with Gasteiger partial charge in [-0.25, -0.2) is 0 Å². The van der Waals surface area contributed by atoms with Crippen molar-refractivity contribution in [3.8, 4) is 0 Å². The fourth-order valence-electron chi connectivity index (χ4n) is 2.25. The van der Waals surface area contributed by atoms with Crippen LogP contribution in [0.4, 0.5) is 0 Å². The molecule has 0 fully saturated rings. The highest BCUT2D eigenvalue weighted by atomic mass is 35.5. The van der Waals surface area contributed by atoms with Crippen LogP contribution >= 0.6 is 24.0 Å². The fourth-order valence-corrected chi connectivity index (χ4v) is 2.41. The molecule has 0 saturated carbocycles. The van der Waals surface area contributed by atoms with Crippen molar-refractivity contribution in [1.29, 1.82) is 0 Å². The molecule has 23 heavy (non-hydrogen) atoms. The monoisotopic (exact) mass is 356 g/mol. The highest BCUT2D eigenvalue weighted by Crippen LogP contribution is 2.07. The van der Waals surface area contributed by atoms with E-state index in [-0.39, 0.29) is 18.3 Å². The van der Waals surface area contributed by atoms with Crippen molar-refractivity contribution in [2.24, 2.45) is 5.73 Å². The van der Waals surface area contributed by atoms with E-state index in [1.807, 2.05) is 23.1 Å². The van der Waals surface area contributed by atoms with E-state index in [0.29, 0.717) is 37.6 Å². The van der Waals surface area contributed by atoms with Crippen LogP contribution < -0.4 is 5.73 Å². The first-order valence-electron chi connectivity index (χ1n) is 7.39. The first-order valence-corrected chi connectivity index (χ1v) is 7.76. The van der Waals surface area contributed by atoms with Crippen LogP contribution in [0.1, 0.15) is 12.0 Å². The van der Waals surface area contributed by atoms with E-state index in [9.17, 15) is 4.79 Å². The number of hydrogen-bond donors (Lipinski definition) is 1. The molecule has 2 rings (SSSR count). The molecule has 0 aliphatic heterocycles. The van der Waals surface area contributed by atoms with Crippen LogP contribution in [-0.4, -0.2) is 40.2 Å². The quantitative estimate of drug-likeness (QED) is 0.789. The third-order valence-electron chi connectivity index (χ3n) is 3.42. The molecule has 2 aromatic rings. The van der Waals surface area contributed by atoms with E-state index in [4.69, 9.17) is 17.3 Å². The lowest BCUT2D eigenvalue weighted by atomic mass is 10.1. The molecule has 126 valence electrons. The second-order valence-corrected chi connectivity index (χ2v) is 5.51. The lowest BCUT2D eigenvalue weighted by Gasteiger charge is -2.22. The molecular weight excluding hydrogens is 335 g/mol. The van der Waals surface area contributed by atoms with Gasteiger partial charge in [0, 0.05) is 38.8 Å². The largest absolute Gasteiger partial charge is 0.341 e. The Bertz CT molecular complexity index is 589. The number of halogens is 2. The van der Waals surface area contributed by atoms with Crippen LogP contribution in [0.15, 0.2) is 42.7 Å². The number of hydrogen-bond acceptors (Lipinski definition) is 3. The van der Waals surface area contributed by atoms with Gasteiger partial charge in [-0.1, -0.05) is 41.9 Å². The maximum atomic E-state index is 12.3. The Morgan fingerprint density at radius 2 is 2.00 bits per heavy atom. The molecule has 0 unspecified atom stereocenters. The van der Waals surface area contributed by atoms with Crippen LogP contribution in [0.2, 0.25) is 5.02 Å². The molecule has 1 aromatic carbocycles. The lowest BCUT2D eigenvalue weighted by Crippen LogP contribution is -2.37. The van der Waals surface area contributed by atoms with Gasteiger partial charge in [0.05, 0.1) is 11.2 Å². The second kappa shape index (κ2) is 10.3. The zero-order valence-corrected chi connectivity index (χ0v) is 14.5. The molecule has 0 saturated heterocycles. The standard InChI is InChI=1S/C16H21ClN4O.ClH/c17-15-12-19-21(13-15)10-7-16(22)20(11-8-18)9-6-14-4-2-1-3-5-14;/h1-5,12-13H,6-11,18H2;1H. The Kier molecular flexibility index (Phi) is 8.69. The number of benzene rings is 1. The summed E-state index contributed by atoms with van der Waals surface area (Å²) in [5, 5.41) is 4.65. The van der Waals surface area contributed by atoms with Gasteiger partial charge in [-0.15, -0.1) is 12.4 Å². The van der Waals surface area contributed by atoms with Crippen LogP contribution in [0.25, 0.3) is 0 Å². The van der Waals surface area contributed by atoms with Crippen molar-refractivity contribution in [3.05, 3.63) is 53.3 Å². The Balaban J connectivity index is 0.00000264. The summed E-state index contributed by atoms with van der Waals surface area (Å²) < 4.78 is 1.68. The molecule has 1 aromatic heterocycles. The van der Waals surface area contributed by atoms with Crippen LogP contribution in [0.3, 0.4) is 0 Å². The number of aromatic nitrogens is 2. The minimum Gasteiger partial charge on any atom is -0.341 e. The van der Waals surface area contributed by atoms with Gasteiger partial charge >= 0.3 is 0 Å². The average Bonchev–Trinajstić information content (AvgIpc) is 2.95. The number of aryl methyl sites for hydroxylation is 1. The van der Waals surface area contributed by atoms with Crippen LogP contribution in [-0.2, 0) is 17.8 Å². The smallest absolute Gasteiger partial charge is 0.224 e. The van der Waals surface area contributed by atoms with E-state index >= 15 is 0 Å². The molecule has 5 nitrogen and oxygen atoms in total. The van der Waals surface area contributed by atoms with E-state index < -0.39 is 0 Å². The Labute approximate surface area is 147 Å². The van der Waals surface area contributed by atoms with Crippen LogP contribution in [0, 0.1) is 0 Å². The summed E-state index contributed by atoms with van der Waals surface area (Å²) in [7, 11) is 0. The van der Waals surface area contributed by atoms with Gasteiger partial charge < -0.3 is 10.6 Å². The zero-order chi connectivity index (χ0) is 15.8. The van der Waals surface area contributed by atoms with Gasteiger partial charge in [-0.3, -0.25) is 9.48 Å². The van der Waals surface area contributed by atoms with E-state index in [1.165, 1.54) is 5.56 Å². The zero-order valence-electron chi connectivity index (χ0n) is 12.9. The summed E-state index contributed by atoms with van der Waals surface area (Å²) in [6, 6.07) is 10.1. The van der Waals surface area contributed by atoms with Gasteiger partial charge in [-0.2, -0.15) is 5.10 Å². The van der Waals surface area contributed by atoms with Crippen molar-refractivity contribution in [2.45, 2.75) is 19.4 Å². The predicted octanol–water partition coefficient (Wildman–Crippen LogP) is 2.38. The number of carbonyl (C=O) groups is 1. The summed E-state index contributed by atoms with van der Waals surface area (Å²) in [4.78, 5) is 14.1. The summed E-state index contributed by atoms with van der Waals surface area (Å²) >= 11 is 5.81. The first kappa shape index (κ1) is 19.5. The summed E-state index contributed by atoms with van der Waals surface area (Å²) in [6.07, 6.45) is 4.51. The number of nitrogens with two attached hydrogens (primary N) is 1. The highest BCUT2D eigenvalue weighted by molar-refractivity contribution is 6.30. The lowest BCUT2D eigenvalue weighted by molar-refractivity contribution is -0.131. The minimum absolute atomic E-state index is 0. The highest BCUT2D eigenvalue weighted by Gasteiger charge is 2.13. The first-order chi connectivity index (χ1) is 10.7. The molecule has 0 atom stereocenters. The Hall–Kier alpha value is -1.56. The summed E-state index contributed by atoms with van der Waals surface area (Å²) in [6.45, 7) is 2.25. The number of amides is 1. The molecular formula is C16H22Cl2N4O. The van der Waals surface area contributed by atoms with Gasteiger partial charge in [-0.05, 0) is 12.0 Å². The maximum Gasteiger partial charge on any atom is 0.224 e. The molecule has 0 aliphatic carbocycles. The summed E-state index contributed by atoms with van der Waals surface area (Å²) in [5.41, 5.74) is 6.84. The molecule has 7 heteroatoms. The van der Waals surface area contributed by atoms with Crippen molar-refractivity contribution in [3.63, 3.8) is 0 Å². The van der Waals surface area contributed by atoms with Gasteiger partial charge in [0.15, 0.2) is 0 Å². The van der Waals surface area contributed by atoms with Crippen molar-refractivity contribution in [2.75, 3.05) is 19.6 Å². The normalized spacial score (nSPS) is 10.2. The molecule has 0 bridgehead atoms. The summed E-state index contributed by atoms with van der Waals surface area (Å²) in [5.74, 6) is 0.0907. The number of carbonyl (C=O) groups excluding carboxylic acids is 1. The third-order valence-corrected chi connectivity index (χ3v) is 3.62. The molecule has 0 aliphatic rings. The molecule has 1 heterocycles. The Morgan fingerprint density at radius 1 is 1.26 bits per heavy atom. The molecule has 1 amide bonds. The third kappa shape index (κ3) is 6.60. The molecule has 0 spiro atoms. The van der Waals surface area contributed by atoms with Crippen molar-refractivity contribution < 1.29 is 4.79 Å². The van der Waals surface area contributed by atoms with Gasteiger partial charge in [0.1, 0.15) is 0 Å². The van der Waals surface area contributed by atoms with Gasteiger partial charge in [0.2, 0.25) is 5.91 Å². The van der Waals surface area contributed by atoms with Crippen molar-refractivity contribution >= 4 is 29.9 Å². The predicted molar refractivity (Wildman–Crippen MR) is 94.9 cm³/mol. The van der Waals surface area contributed by atoms with E-state index in [0.717, 1.165) is 6.42 Å².